The van der Waals surface area contributed by atoms with Crippen molar-refractivity contribution >= 4 is 54.4 Å². The Kier molecular flexibility index (Phi) is 3.01. The van der Waals surface area contributed by atoms with E-state index in [9.17, 15) is 4.39 Å². The molecule has 0 aliphatic heterocycles. The van der Waals surface area contributed by atoms with Gasteiger partial charge in [0.15, 0.2) is 0 Å². The van der Waals surface area contributed by atoms with Gasteiger partial charge in [-0.2, -0.15) is 0 Å². The molecule has 15 heavy (non-hydrogen) atoms. The van der Waals surface area contributed by atoms with Gasteiger partial charge in [-0.1, -0.05) is 11.6 Å². The molecule has 2 aromatic rings. The van der Waals surface area contributed by atoms with Crippen molar-refractivity contribution in [3.05, 3.63) is 37.6 Å². The highest BCUT2D eigenvalue weighted by Crippen LogP contribution is 2.35. The van der Waals surface area contributed by atoms with Gasteiger partial charge in [-0.3, -0.25) is 4.98 Å². The Bertz CT molecular complexity index is 549. The van der Waals surface area contributed by atoms with Crippen LogP contribution in [-0.2, 0) is 0 Å². The lowest BCUT2D eigenvalue weighted by molar-refractivity contribution is 0.632. The monoisotopic (exact) mass is 351 g/mol. The summed E-state index contributed by atoms with van der Waals surface area (Å²) < 4.78 is 14.8. The van der Waals surface area contributed by atoms with Crippen LogP contribution < -0.4 is 0 Å². The molecule has 0 atom stereocenters. The van der Waals surface area contributed by atoms with Crippen LogP contribution in [-0.4, -0.2) is 4.98 Å². The quantitative estimate of drug-likeness (QED) is 0.659. The minimum absolute atomic E-state index is 0.345. The minimum atomic E-state index is -0.380. The first-order valence-electron chi connectivity index (χ1n) is 4.10. The second-order valence-corrected chi connectivity index (χ2v) is 5.22. The first-order chi connectivity index (χ1) is 7.02. The Morgan fingerprint density at radius 1 is 1.33 bits per heavy atom. The highest BCUT2D eigenvalue weighted by atomic mass is 79.9. The molecule has 0 saturated heterocycles. The summed E-state index contributed by atoms with van der Waals surface area (Å²) in [6.45, 7) is 1.86. The largest absolute Gasteiger partial charge is 0.255 e. The molecule has 0 saturated carbocycles. The van der Waals surface area contributed by atoms with Crippen LogP contribution in [0.25, 0.3) is 10.9 Å². The molecule has 1 aromatic heterocycles. The van der Waals surface area contributed by atoms with E-state index in [2.05, 4.69) is 36.8 Å². The molecule has 0 radical (unpaired) electrons. The van der Waals surface area contributed by atoms with Gasteiger partial charge in [0, 0.05) is 6.20 Å². The number of fused-ring (bicyclic) bond motifs is 1. The van der Waals surface area contributed by atoms with Crippen LogP contribution in [0.2, 0.25) is 5.02 Å². The number of rotatable bonds is 0. The summed E-state index contributed by atoms with van der Waals surface area (Å²) in [7, 11) is 0. The van der Waals surface area contributed by atoms with E-state index >= 15 is 0 Å². The SMILES string of the molecule is Cc1cc(Br)c(F)c2c(Cl)c(Br)cnc12. The van der Waals surface area contributed by atoms with E-state index in [1.54, 1.807) is 12.3 Å². The summed E-state index contributed by atoms with van der Waals surface area (Å²) in [6, 6.07) is 1.69. The molecule has 0 amide bonds. The standard InChI is InChI=1S/C10H5Br2ClFN/c1-4-2-5(11)9(14)7-8(13)6(12)3-15-10(4)7/h2-3H,1H3. The highest BCUT2D eigenvalue weighted by molar-refractivity contribution is 9.10. The van der Waals surface area contributed by atoms with Crippen molar-refractivity contribution in [2.75, 3.05) is 0 Å². The van der Waals surface area contributed by atoms with Crippen molar-refractivity contribution in [2.45, 2.75) is 6.92 Å². The van der Waals surface area contributed by atoms with Gasteiger partial charge in [0.05, 0.1) is 24.9 Å². The fraction of sp³-hybridized carbons (Fsp3) is 0.100. The molecule has 2 rings (SSSR count). The van der Waals surface area contributed by atoms with Gasteiger partial charge in [0.25, 0.3) is 0 Å². The lowest BCUT2D eigenvalue weighted by atomic mass is 10.1. The molecule has 0 N–H and O–H groups in total. The van der Waals surface area contributed by atoms with E-state index in [0.29, 0.717) is 24.9 Å². The number of nitrogens with zero attached hydrogens (tertiary/aromatic N) is 1. The Morgan fingerprint density at radius 2 is 2.00 bits per heavy atom. The summed E-state index contributed by atoms with van der Waals surface area (Å²) in [5.74, 6) is -0.380. The second kappa shape index (κ2) is 4.00. The minimum Gasteiger partial charge on any atom is -0.255 e. The number of aryl methyl sites for hydroxylation is 1. The van der Waals surface area contributed by atoms with Gasteiger partial charge < -0.3 is 0 Å². The van der Waals surface area contributed by atoms with Crippen LogP contribution in [0.4, 0.5) is 4.39 Å². The molecule has 0 spiro atoms. The van der Waals surface area contributed by atoms with Gasteiger partial charge in [-0.05, 0) is 50.4 Å². The summed E-state index contributed by atoms with van der Waals surface area (Å²) in [5, 5.41) is 0.694. The summed E-state index contributed by atoms with van der Waals surface area (Å²) >= 11 is 12.4. The molecular formula is C10H5Br2ClFN. The van der Waals surface area contributed by atoms with E-state index < -0.39 is 0 Å². The highest BCUT2D eigenvalue weighted by Gasteiger charge is 2.14. The summed E-state index contributed by atoms with van der Waals surface area (Å²) in [5.41, 5.74) is 1.47. The summed E-state index contributed by atoms with van der Waals surface area (Å²) in [4.78, 5) is 4.15. The first-order valence-corrected chi connectivity index (χ1v) is 6.07. The molecule has 0 bridgehead atoms. The lowest BCUT2D eigenvalue weighted by Gasteiger charge is -2.07. The van der Waals surface area contributed by atoms with E-state index in [-0.39, 0.29) is 5.82 Å². The third-order valence-electron chi connectivity index (χ3n) is 2.12. The van der Waals surface area contributed by atoms with Gasteiger partial charge in [-0.15, -0.1) is 0 Å². The predicted octanol–water partition coefficient (Wildman–Crippen LogP) is 4.86. The Balaban J connectivity index is 3.04. The second-order valence-electron chi connectivity index (χ2n) is 3.13. The number of halogens is 4. The maximum atomic E-state index is 13.8. The van der Waals surface area contributed by atoms with Crippen molar-refractivity contribution in [3.8, 4) is 0 Å². The Morgan fingerprint density at radius 3 is 2.67 bits per heavy atom. The van der Waals surface area contributed by atoms with Crippen molar-refractivity contribution in [2.24, 2.45) is 0 Å². The van der Waals surface area contributed by atoms with Gasteiger partial charge in [-0.25, -0.2) is 4.39 Å². The van der Waals surface area contributed by atoms with Crippen molar-refractivity contribution in [1.29, 1.82) is 0 Å². The van der Waals surface area contributed by atoms with E-state index in [1.807, 2.05) is 6.92 Å². The fourth-order valence-electron chi connectivity index (χ4n) is 1.41. The molecule has 0 aliphatic rings. The molecule has 0 unspecified atom stereocenters. The maximum Gasteiger partial charge on any atom is 0.148 e. The number of hydrogen-bond donors (Lipinski definition) is 0. The van der Waals surface area contributed by atoms with Crippen LogP contribution >= 0.6 is 43.5 Å². The average molecular weight is 353 g/mol. The first kappa shape index (κ1) is 11.3. The number of pyridine rings is 1. The average Bonchev–Trinajstić information content (AvgIpc) is 2.19. The molecule has 78 valence electrons. The van der Waals surface area contributed by atoms with Crippen LogP contribution in [0.1, 0.15) is 5.56 Å². The van der Waals surface area contributed by atoms with E-state index in [0.717, 1.165) is 5.56 Å². The molecule has 0 aliphatic carbocycles. The van der Waals surface area contributed by atoms with Gasteiger partial charge in [0.1, 0.15) is 5.82 Å². The van der Waals surface area contributed by atoms with E-state index in [4.69, 9.17) is 11.6 Å². The fourth-order valence-corrected chi connectivity index (χ4v) is 2.47. The topological polar surface area (TPSA) is 12.9 Å². The lowest BCUT2D eigenvalue weighted by Crippen LogP contribution is -1.91. The van der Waals surface area contributed by atoms with Crippen molar-refractivity contribution < 1.29 is 4.39 Å². The van der Waals surface area contributed by atoms with Crippen LogP contribution in [0.5, 0.6) is 0 Å². The molecule has 1 heterocycles. The molecule has 1 nitrogen and oxygen atoms in total. The van der Waals surface area contributed by atoms with E-state index in [1.165, 1.54) is 0 Å². The molecular weight excluding hydrogens is 348 g/mol. The Hall–Kier alpha value is -0.190. The van der Waals surface area contributed by atoms with Gasteiger partial charge in [0.2, 0.25) is 0 Å². The van der Waals surface area contributed by atoms with Crippen LogP contribution in [0, 0.1) is 12.7 Å². The number of hydrogen-bond acceptors (Lipinski definition) is 1. The van der Waals surface area contributed by atoms with Crippen LogP contribution in [0.3, 0.4) is 0 Å². The Labute approximate surface area is 108 Å². The van der Waals surface area contributed by atoms with Crippen molar-refractivity contribution in [1.82, 2.24) is 4.98 Å². The van der Waals surface area contributed by atoms with Gasteiger partial charge >= 0.3 is 0 Å². The molecule has 1 aromatic carbocycles. The summed E-state index contributed by atoms with van der Waals surface area (Å²) in [6.07, 6.45) is 1.57. The zero-order valence-corrected chi connectivity index (χ0v) is 11.5. The van der Waals surface area contributed by atoms with Crippen molar-refractivity contribution in [3.63, 3.8) is 0 Å². The van der Waals surface area contributed by atoms with Crippen LogP contribution in [0.15, 0.2) is 21.2 Å². The molecule has 0 fully saturated rings. The third kappa shape index (κ3) is 1.79. The molecule has 5 heteroatoms. The predicted molar refractivity (Wildman–Crippen MR) is 66.8 cm³/mol. The maximum absolute atomic E-state index is 13.8. The number of aromatic nitrogens is 1. The zero-order chi connectivity index (χ0) is 11.2. The normalized spacial score (nSPS) is 11.0. The smallest absolute Gasteiger partial charge is 0.148 e. The zero-order valence-electron chi connectivity index (χ0n) is 7.61. The number of benzene rings is 1. The third-order valence-corrected chi connectivity index (χ3v) is 3.92.